The van der Waals surface area contributed by atoms with Gasteiger partial charge in [-0.2, -0.15) is 0 Å². The average molecular weight is 173 g/mol. The summed E-state index contributed by atoms with van der Waals surface area (Å²) in [5.41, 5.74) is -0.235. The molecule has 0 saturated carbocycles. The highest BCUT2D eigenvalue weighted by Crippen LogP contribution is 2.02. The van der Waals surface area contributed by atoms with Gasteiger partial charge in [-0.05, 0) is 20.8 Å². The van der Waals surface area contributed by atoms with Gasteiger partial charge >= 0.3 is 5.97 Å². The van der Waals surface area contributed by atoms with Crippen LogP contribution < -0.4 is 5.32 Å². The van der Waals surface area contributed by atoms with Crippen molar-refractivity contribution in [3.63, 3.8) is 0 Å². The number of carboxylic acid groups (broad SMARTS) is 1. The lowest BCUT2D eigenvalue weighted by atomic mass is 10.1. The van der Waals surface area contributed by atoms with Crippen LogP contribution in [0.4, 0.5) is 0 Å². The van der Waals surface area contributed by atoms with E-state index in [2.05, 4.69) is 5.32 Å². The van der Waals surface area contributed by atoms with Crippen LogP contribution in [0.25, 0.3) is 0 Å². The summed E-state index contributed by atoms with van der Waals surface area (Å²) in [5, 5.41) is 11.3. The molecule has 70 valence electrons. The number of aldehydes is 1. The summed E-state index contributed by atoms with van der Waals surface area (Å²) in [7, 11) is 0. The number of aliphatic carboxylic acids is 1. The molecule has 2 N–H and O–H groups in total. The second-order valence-electron chi connectivity index (χ2n) is 3.73. The van der Waals surface area contributed by atoms with Crippen LogP contribution in [0, 0.1) is 0 Å². The zero-order chi connectivity index (χ0) is 9.78. The van der Waals surface area contributed by atoms with E-state index in [4.69, 9.17) is 5.11 Å². The summed E-state index contributed by atoms with van der Waals surface area (Å²) in [6.45, 7) is 5.64. The van der Waals surface area contributed by atoms with Crippen LogP contribution >= 0.6 is 0 Å². The lowest BCUT2D eigenvalue weighted by Gasteiger charge is -2.24. The Morgan fingerprint density at radius 2 is 2.08 bits per heavy atom. The van der Waals surface area contributed by atoms with E-state index in [0.717, 1.165) is 0 Å². The molecule has 0 aliphatic heterocycles. The maximum Gasteiger partial charge on any atom is 0.305 e. The Labute approximate surface area is 72.0 Å². The molecule has 4 nitrogen and oxygen atoms in total. The van der Waals surface area contributed by atoms with E-state index in [9.17, 15) is 9.59 Å². The molecule has 0 amide bonds. The van der Waals surface area contributed by atoms with E-state index in [1.54, 1.807) is 0 Å². The second-order valence-corrected chi connectivity index (χ2v) is 3.73. The molecule has 12 heavy (non-hydrogen) atoms. The maximum atomic E-state index is 10.4. The summed E-state index contributed by atoms with van der Waals surface area (Å²) in [6.07, 6.45) is 0.458. The van der Waals surface area contributed by atoms with Crippen molar-refractivity contribution in [1.29, 1.82) is 0 Å². The van der Waals surface area contributed by atoms with Gasteiger partial charge in [0.25, 0.3) is 0 Å². The highest BCUT2D eigenvalue weighted by Gasteiger charge is 2.18. The first-order valence-electron chi connectivity index (χ1n) is 3.80. The second kappa shape index (κ2) is 4.21. The number of hydrogen-bond acceptors (Lipinski definition) is 3. The van der Waals surface area contributed by atoms with Gasteiger partial charge in [-0.3, -0.25) is 4.79 Å². The summed E-state index contributed by atoms with van der Waals surface area (Å²) in [6, 6.07) is -0.595. The van der Waals surface area contributed by atoms with Crippen LogP contribution in [0.15, 0.2) is 0 Å². The maximum absolute atomic E-state index is 10.4. The fourth-order valence-corrected chi connectivity index (χ4v) is 0.877. The first-order chi connectivity index (χ1) is 5.35. The molecule has 0 rings (SSSR count). The van der Waals surface area contributed by atoms with E-state index in [1.807, 2.05) is 20.8 Å². The zero-order valence-electron chi connectivity index (χ0n) is 7.63. The van der Waals surface area contributed by atoms with E-state index in [1.165, 1.54) is 0 Å². The number of carbonyl (C=O) groups is 2. The summed E-state index contributed by atoms with van der Waals surface area (Å²) in [5.74, 6) is -0.969. The van der Waals surface area contributed by atoms with Crippen LogP contribution in [0.1, 0.15) is 27.2 Å². The van der Waals surface area contributed by atoms with Crippen LogP contribution in [0.5, 0.6) is 0 Å². The van der Waals surface area contributed by atoms with Crippen molar-refractivity contribution < 1.29 is 14.7 Å². The fourth-order valence-electron chi connectivity index (χ4n) is 0.877. The van der Waals surface area contributed by atoms with Crippen LogP contribution in [0.3, 0.4) is 0 Å². The Balaban J connectivity index is 4.00. The van der Waals surface area contributed by atoms with Gasteiger partial charge in [0, 0.05) is 5.54 Å². The smallest absolute Gasteiger partial charge is 0.305 e. The Morgan fingerprint density at radius 3 is 2.33 bits per heavy atom. The van der Waals surface area contributed by atoms with Gasteiger partial charge in [-0.15, -0.1) is 0 Å². The van der Waals surface area contributed by atoms with Crippen molar-refractivity contribution in [2.24, 2.45) is 0 Å². The molecule has 0 aliphatic rings. The standard InChI is InChI=1S/C8H15NO3/c1-8(2,3)9-6(5-10)4-7(11)12/h5-6,9H,4H2,1-3H3,(H,11,12)/t6-/m0/s1. The molecule has 0 saturated heterocycles. The predicted octanol–water partition coefficient (Wildman–Crippen LogP) is 0.417. The highest BCUT2D eigenvalue weighted by atomic mass is 16.4. The Hall–Kier alpha value is -0.900. The molecule has 0 unspecified atom stereocenters. The van der Waals surface area contributed by atoms with E-state index in [0.29, 0.717) is 6.29 Å². The van der Waals surface area contributed by atoms with E-state index >= 15 is 0 Å². The molecule has 0 radical (unpaired) electrons. The third-order valence-electron chi connectivity index (χ3n) is 1.18. The molecule has 0 aromatic carbocycles. The first kappa shape index (κ1) is 11.1. The molecule has 4 heteroatoms. The third kappa shape index (κ3) is 5.85. The molecule has 0 aromatic rings. The van der Waals surface area contributed by atoms with E-state index < -0.39 is 12.0 Å². The third-order valence-corrected chi connectivity index (χ3v) is 1.18. The largest absolute Gasteiger partial charge is 0.481 e. The summed E-state index contributed by atoms with van der Waals surface area (Å²) in [4.78, 5) is 20.6. The van der Waals surface area contributed by atoms with Gasteiger partial charge in [0.05, 0.1) is 12.5 Å². The number of nitrogens with one attached hydrogen (secondary N) is 1. The predicted molar refractivity (Wildman–Crippen MR) is 45.0 cm³/mol. The van der Waals surface area contributed by atoms with Crippen LogP contribution in [-0.4, -0.2) is 28.9 Å². The van der Waals surface area contributed by atoms with Gasteiger partial charge < -0.3 is 15.2 Å². The van der Waals surface area contributed by atoms with Crippen molar-refractivity contribution in [3.05, 3.63) is 0 Å². The number of carbonyl (C=O) groups excluding carboxylic acids is 1. The summed E-state index contributed by atoms with van der Waals surface area (Å²) < 4.78 is 0. The zero-order valence-corrected chi connectivity index (χ0v) is 7.63. The lowest BCUT2D eigenvalue weighted by molar-refractivity contribution is -0.138. The van der Waals surface area contributed by atoms with Gasteiger partial charge in [0.15, 0.2) is 0 Å². The topological polar surface area (TPSA) is 66.4 Å². The average Bonchev–Trinajstić information content (AvgIpc) is 1.82. The van der Waals surface area contributed by atoms with Crippen molar-refractivity contribution in [2.75, 3.05) is 0 Å². The van der Waals surface area contributed by atoms with Crippen LogP contribution in [0.2, 0.25) is 0 Å². The van der Waals surface area contributed by atoms with Crippen LogP contribution in [-0.2, 0) is 9.59 Å². The molecule has 0 aromatic heterocycles. The normalized spacial score (nSPS) is 13.9. The van der Waals surface area contributed by atoms with E-state index in [-0.39, 0.29) is 12.0 Å². The summed E-state index contributed by atoms with van der Waals surface area (Å²) >= 11 is 0. The number of hydrogen-bond donors (Lipinski definition) is 2. The Kier molecular flexibility index (Phi) is 3.89. The van der Waals surface area contributed by atoms with Crippen molar-refractivity contribution in [1.82, 2.24) is 5.32 Å². The number of rotatable bonds is 4. The number of carboxylic acids is 1. The molecule has 1 atom stereocenters. The molecule has 0 aliphatic carbocycles. The molecule has 0 spiro atoms. The molecular formula is C8H15NO3. The molecule has 0 heterocycles. The van der Waals surface area contributed by atoms with Crippen molar-refractivity contribution in [2.45, 2.75) is 38.8 Å². The Bertz CT molecular complexity index is 172. The SMILES string of the molecule is CC(C)(C)N[C@H](C=O)CC(=O)O. The molecule has 0 fully saturated rings. The molecule has 0 bridgehead atoms. The minimum absolute atomic E-state index is 0.166. The monoisotopic (exact) mass is 173 g/mol. The van der Waals surface area contributed by atoms with Gasteiger partial charge in [0.2, 0.25) is 0 Å². The lowest BCUT2D eigenvalue weighted by Crippen LogP contribution is -2.45. The fraction of sp³-hybridized carbons (Fsp3) is 0.750. The molecular weight excluding hydrogens is 158 g/mol. The first-order valence-corrected chi connectivity index (χ1v) is 3.80. The van der Waals surface area contributed by atoms with Gasteiger partial charge in [0.1, 0.15) is 6.29 Å². The highest BCUT2D eigenvalue weighted by molar-refractivity contribution is 5.73. The quantitative estimate of drug-likeness (QED) is 0.604. The van der Waals surface area contributed by atoms with Gasteiger partial charge in [-0.1, -0.05) is 0 Å². The Morgan fingerprint density at radius 1 is 1.58 bits per heavy atom. The minimum atomic E-state index is -0.969. The van der Waals surface area contributed by atoms with Crippen molar-refractivity contribution >= 4 is 12.3 Å². The van der Waals surface area contributed by atoms with Crippen molar-refractivity contribution in [3.8, 4) is 0 Å². The minimum Gasteiger partial charge on any atom is -0.481 e. The van der Waals surface area contributed by atoms with Gasteiger partial charge in [-0.25, -0.2) is 0 Å².